The van der Waals surface area contributed by atoms with E-state index in [0.717, 1.165) is 19.3 Å². The van der Waals surface area contributed by atoms with Crippen LogP contribution in [0.25, 0.3) is 0 Å². The Morgan fingerprint density at radius 3 is 2.38 bits per heavy atom. The van der Waals surface area contributed by atoms with Crippen molar-refractivity contribution in [2.45, 2.75) is 52.4 Å². The number of hydrogen-bond donors (Lipinski definition) is 1. The van der Waals surface area contributed by atoms with Crippen molar-refractivity contribution in [1.82, 2.24) is 5.48 Å². The van der Waals surface area contributed by atoms with Crippen LogP contribution in [-0.2, 0) is 14.4 Å². The van der Waals surface area contributed by atoms with Gasteiger partial charge in [-0.05, 0) is 13.3 Å². The fraction of sp³-hybridized carbons (Fsp3) is 0.818. The Morgan fingerprint density at radius 1 is 1.06 bits per heavy atom. The maximum atomic E-state index is 11.1. The lowest BCUT2D eigenvalue weighted by Gasteiger charge is -2.05. The van der Waals surface area contributed by atoms with Gasteiger partial charge >= 0.3 is 12.1 Å². The van der Waals surface area contributed by atoms with Crippen molar-refractivity contribution in [2.75, 3.05) is 6.61 Å². The van der Waals surface area contributed by atoms with Crippen LogP contribution in [0.5, 0.6) is 0 Å². The first-order valence-corrected chi connectivity index (χ1v) is 5.83. The molecule has 0 rings (SSSR count). The number of nitrogens with one attached hydrogen (secondary N) is 1. The average Bonchev–Trinajstić information content (AvgIpc) is 2.26. The van der Waals surface area contributed by atoms with Crippen molar-refractivity contribution in [2.24, 2.45) is 0 Å². The van der Waals surface area contributed by atoms with Crippen molar-refractivity contribution in [3.63, 3.8) is 0 Å². The summed E-state index contributed by atoms with van der Waals surface area (Å²) in [7, 11) is 0. The normalized spacial score (nSPS) is 9.62. The molecule has 1 amide bonds. The number of hydrogen-bond acceptors (Lipinski definition) is 4. The second-order valence-corrected chi connectivity index (χ2v) is 3.46. The molecule has 5 heteroatoms. The zero-order valence-electron chi connectivity index (χ0n) is 10.1. The van der Waals surface area contributed by atoms with Crippen molar-refractivity contribution in [3.8, 4) is 0 Å². The SMILES string of the molecule is CCCCCCCC(=O)ONC(=O)OCC. The molecule has 1 N–H and O–H groups in total. The molecule has 0 bridgehead atoms. The van der Waals surface area contributed by atoms with E-state index in [-0.39, 0.29) is 6.61 Å². The van der Waals surface area contributed by atoms with E-state index < -0.39 is 12.1 Å². The Labute approximate surface area is 96.4 Å². The molecular formula is C11H21NO4. The fourth-order valence-corrected chi connectivity index (χ4v) is 1.18. The van der Waals surface area contributed by atoms with Crippen molar-refractivity contribution < 1.29 is 19.2 Å². The van der Waals surface area contributed by atoms with E-state index in [1.54, 1.807) is 6.92 Å². The molecule has 0 aromatic carbocycles. The molecule has 0 spiro atoms. The second kappa shape index (κ2) is 10.3. The zero-order valence-corrected chi connectivity index (χ0v) is 10.1. The third kappa shape index (κ3) is 9.30. The van der Waals surface area contributed by atoms with Crippen LogP contribution in [-0.4, -0.2) is 18.7 Å². The van der Waals surface area contributed by atoms with Gasteiger partial charge in [0.1, 0.15) is 0 Å². The van der Waals surface area contributed by atoms with Gasteiger partial charge in [-0.1, -0.05) is 32.6 Å². The molecule has 0 aromatic heterocycles. The number of unbranched alkanes of at least 4 members (excludes halogenated alkanes) is 4. The summed E-state index contributed by atoms with van der Waals surface area (Å²) in [6.45, 7) is 4.06. The monoisotopic (exact) mass is 231 g/mol. The van der Waals surface area contributed by atoms with Gasteiger partial charge in [-0.3, -0.25) is 0 Å². The fourth-order valence-electron chi connectivity index (χ4n) is 1.18. The van der Waals surface area contributed by atoms with Gasteiger partial charge in [0.15, 0.2) is 0 Å². The molecule has 0 aliphatic rings. The first-order chi connectivity index (χ1) is 7.70. The molecule has 5 nitrogen and oxygen atoms in total. The van der Waals surface area contributed by atoms with Crippen LogP contribution in [0.2, 0.25) is 0 Å². The van der Waals surface area contributed by atoms with Crippen LogP contribution in [0.3, 0.4) is 0 Å². The molecule has 0 aromatic rings. The molecule has 0 unspecified atom stereocenters. The lowest BCUT2D eigenvalue weighted by molar-refractivity contribution is -0.149. The molecule has 0 heterocycles. The van der Waals surface area contributed by atoms with Gasteiger partial charge in [-0.15, -0.1) is 5.48 Å². The highest BCUT2D eigenvalue weighted by molar-refractivity contribution is 5.72. The summed E-state index contributed by atoms with van der Waals surface area (Å²) in [5, 5.41) is 0. The van der Waals surface area contributed by atoms with E-state index in [4.69, 9.17) is 0 Å². The topological polar surface area (TPSA) is 64.6 Å². The molecule has 0 saturated carbocycles. The van der Waals surface area contributed by atoms with Gasteiger partial charge in [0.05, 0.1) is 6.61 Å². The first kappa shape index (κ1) is 14.7. The predicted molar refractivity (Wildman–Crippen MR) is 59.6 cm³/mol. The standard InChI is InChI=1S/C11H21NO4/c1-3-5-6-7-8-9-10(13)16-12-11(14)15-4-2/h3-9H2,1-2H3,(H,12,14). The molecule has 0 atom stereocenters. The molecule has 16 heavy (non-hydrogen) atoms. The molecule has 0 fully saturated rings. The summed E-state index contributed by atoms with van der Waals surface area (Å²) >= 11 is 0. The minimum Gasteiger partial charge on any atom is -0.448 e. The van der Waals surface area contributed by atoms with Gasteiger partial charge in [-0.25, -0.2) is 9.59 Å². The van der Waals surface area contributed by atoms with Gasteiger partial charge in [0.25, 0.3) is 0 Å². The number of carbonyl (C=O) groups is 2. The Hall–Kier alpha value is -1.26. The van der Waals surface area contributed by atoms with Crippen molar-refractivity contribution in [3.05, 3.63) is 0 Å². The summed E-state index contributed by atoms with van der Waals surface area (Å²) in [5.41, 5.74) is 1.92. The molecule has 0 aliphatic heterocycles. The minimum absolute atomic E-state index is 0.250. The van der Waals surface area contributed by atoms with Gasteiger partial charge in [0, 0.05) is 6.42 Å². The summed E-state index contributed by atoms with van der Waals surface area (Å²) in [5.74, 6) is -0.426. The summed E-state index contributed by atoms with van der Waals surface area (Å²) in [6.07, 6.45) is 4.91. The molecule has 94 valence electrons. The highest BCUT2D eigenvalue weighted by atomic mass is 16.7. The summed E-state index contributed by atoms with van der Waals surface area (Å²) in [6, 6.07) is 0. The van der Waals surface area contributed by atoms with Crippen LogP contribution in [0.4, 0.5) is 4.79 Å². The van der Waals surface area contributed by atoms with E-state index in [1.165, 1.54) is 12.8 Å². The average molecular weight is 231 g/mol. The van der Waals surface area contributed by atoms with Crippen LogP contribution in [0.15, 0.2) is 0 Å². The highest BCUT2D eigenvalue weighted by Gasteiger charge is 2.06. The Kier molecular flexibility index (Phi) is 9.46. The molecular weight excluding hydrogens is 210 g/mol. The molecule has 0 saturated heterocycles. The zero-order chi connectivity index (χ0) is 12.2. The van der Waals surface area contributed by atoms with Crippen LogP contribution < -0.4 is 5.48 Å². The predicted octanol–water partition coefficient (Wildman–Crippen LogP) is 2.55. The lowest BCUT2D eigenvalue weighted by atomic mass is 10.1. The van der Waals surface area contributed by atoms with Crippen LogP contribution in [0.1, 0.15) is 52.4 Å². The quantitative estimate of drug-likeness (QED) is 0.540. The van der Waals surface area contributed by atoms with Crippen molar-refractivity contribution in [1.29, 1.82) is 0 Å². The number of carbonyl (C=O) groups excluding carboxylic acids is 2. The van der Waals surface area contributed by atoms with E-state index in [9.17, 15) is 9.59 Å². The van der Waals surface area contributed by atoms with Crippen LogP contribution >= 0.6 is 0 Å². The first-order valence-electron chi connectivity index (χ1n) is 5.83. The number of hydroxylamine groups is 1. The minimum atomic E-state index is -0.734. The number of rotatable bonds is 7. The smallest absolute Gasteiger partial charge is 0.440 e. The Morgan fingerprint density at radius 2 is 1.75 bits per heavy atom. The van der Waals surface area contributed by atoms with Crippen molar-refractivity contribution >= 4 is 12.1 Å². The van der Waals surface area contributed by atoms with E-state index in [1.807, 2.05) is 5.48 Å². The van der Waals surface area contributed by atoms with Crippen LogP contribution in [0, 0.1) is 0 Å². The highest BCUT2D eigenvalue weighted by Crippen LogP contribution is 2.05. The van der Waals surface area contributed by atoms with Gasteiger partial charge in [0.2, 0.25) is 0 Å². The number of amides is 1. The third-order valence-electron chi connectivity index (χ3n) is 2.01. The number of ether oxygens (including phenoxy) is 1. The molecule has 0 aliphatic carbocycles. The Bertz CT molecular complexity index is 206. The van der Waals surface area contributed by atoms with Gasteiger partial charge < -0.3 is 9.57 Å². The molecule has 0 radical (unpaired) electrons. The van der Waals surface area contributed by atoms with E-state index in [0.29, 0.717) is 6.42 Å². The van der Waals surface area contributed by atoms with E-state index >= 15 is 0 Å². The van der Waals surface area contributed by atoms with Gasteiger partial charge in [-0.2, -0.15) is 0 Å². The Balaban J connectivity index is 3.34. The van der Waals surface area contributed by atoms with E-state index in [2.05, 4.69) is 16.5 Å². The summed E-state index contributed by atoms with van der Waals surface area (Å²) < 4.78 is 4.52. The maximum absolute atomic E-state index is 11.1. The lowest BCUT2D eigenvalue weighted by Crippen LogP contribution is -2.27. The third-order valence-corrected chi connectivity index (χ3v) is 2.01. The largest absolute Gasteiger partial charge is 0.448 e. The second-order valence-electron chi connectivity index (χ2n) is 3.46. The maximum Gasteiger partial charge on any atom is 0.440 e. The summed E-state index contributed by atoms with van der Waals surface area (Å²) in [4.78, 5) is 26.3.